The molecule has 0 amide bonds. The van der Waals surface area contributed by atoms with Gasteiger partial charge in [0.1, 0.15) is 0 Å². The zero-order valence-corrected chi connectivity index (χ0v) is 16.0. The molecule has 0 nitrogen and oxygen atoms in total. The number of hydrogen-bond donors (Lipinski definition) is 0. The molecule has 1 fully saturated rings. The van der Waals surface area contributed by atoms with Gasteiger partial charge in [-0.05, 0) is 67.2 Å². The van der Waals surface area contributed by atoms with Crippen molar-refractivity contribution in [3.8, 4) is 0 Å². The molecule has 1 aliphatic carbocycles. The zero-order chi connectivity index (χ0) is 13.7. The van der Waals surface area contributed by atoms with Gasteiger partial charge in [-0.1, -0.05) is 0 Å². The van der Waals surface area contributed by atoms with Gasteiger partial charge >= 0.3 is 35.0 Å². The van der Waals surface area contributed by atoms with Gasteiger partial charge < -0.3 is 0 Å². The van der Waals surface area contributed by atoms with Crippen LogP contribution in [0, 0.1) is 0 Å². The van der Waals surface area contributed by atoms with E-state index in [1.54, 1.807) is 0 Å². The van der Waals surface area contributed by atoms with Gasteiger partial charge in [-0.25, -0.2) is 0 Å². The fourth-order valence-corrected chi connectivity index (χ4v) is 9.25. The van der Waals surface area contributed by atoms with Crippen LogP contribution in [-0.4, -0.2) is 16.0 Å². The Morgan fingerprint density at radius 2 is 1.18 bits per heavy atom. The molecular formula is C13H28Cl2PPd+. The molecule has 0 unspecified atom stereocenters. The predicted octanol–water partition coefficient (Wildman–Crippen LogP) is 6.12. The summed E-state index contributed by atoms with van der Waals surface area (Å²) in [7, 11) is 9.37. The van der Waals surface area contributed by atoms with Gasteiger partial charge in [0.15, 0.2) is 0 Å². The van der Waals surface area contributed by atoms with Crippen LogP contribution in [0.4, 0.5) is 0 Å². The molecule has 0 saturated heterocycles. The summed E-state index contributed by atoms with van der Waals surface area (Å²) in [4.78, 5) is 0. The summed E-state index contributed by atoms with van der Waals surface area (Å²) in [5, 5.41) is 1.13. The standard InChI is InChI=1S/C13H27P.2ClH.Pd/c1-12(2,3)14(13(4,5)6)11-9-7-8-10-11;;;/h11H,7-10H2,1-6H3;2*1H;/q;;;+2/p-1. The van der Waals surface area contributed by atoms with E-state index in [1.807, 2.05) is 0 Å². The molecule has 1 saturated carbocycles. The minimum atomic E-state index is -0.253. The molecule has 0 aromatic carbocycles. The Balaban J connectivity index is 0.000000770. The van der Waals surface area contributed by atoms with Gasteiger partial charge in [0.25, 0.3) is 0 Å². The molecule has 0 heterocycles. The molecule has 108 valence electrons. The van der Waals surface area contributed by atoms with Crippen molar-refractivity contribution in [3.05, 3.63) is 0 Å². The summed E-state index contributed by atoms with van der Waals surface area (Å²) >= 11 is -0.106. The van der Waals surface area contributed by atoms with E-state index < -0.39 is 0 Å². The van der Waals surface area contributed by atoms with E-state index in [-0.39, 0.29) is 23.9 Å². The Bertz CT molecular complexity index is 188. The summed E-state index contributed by atoms with van der Waals surface area (Å²) in [6, 6.07) is 0. The Morgan fingerprint density at radius 1 is 0.882 bits per heavy atom. The molecule has 1 rings (SSSR count). The van der Waals surface area contributed by atoms with Crippen LogP contribution in [0.2, 0.25) is 0 Å². The minimum absolute atomic E-state index is 0.106. The third kappa shape index (κ3) is 7.13. The van der Waals surface area contributed by atoms with Crippen molar-refractivity contribution in [2.45, 2.75) is 83.2 Å². The van der Waals surface area contributed by atoms with E-state index in [2.05, 4.69) is 41.5 Å². The maximum absolute atomic E-state index is 4.81. The first-order valence-corrected chi connectivity index (χ1v) is 11.9. The molecule has 0 radical (unpaired) electrons. The Labute approximate surface area is 125 Å². The zero-order valence-electron chi connectivity index (χ0n) is 12.0. The molecule has 0 atom stereocenters. The number of hydrogen-bond acceptors (Lipinski definition) is 0. The fraction of sp³-hybridized carbons (Fsp3) is 1.00. The molecule has 17 heavy (non-hydrogen) atoms. The van der Waals surface area contributed by atoms with Crippen molar-refractivity contribution in [1.29, 1.82) is 0 Å². The number of halogens is 2. The SMILES string of the molecule is CC(C)(C)[PH+](C1CCCC1)C(C)(C)C.[Cl][Pd][Cl]. The Morgan fingerprint density at radius 3 is 1.41 bits per heavy atom. The van der Waals surface area contributed by atoms with Gasteiger partial charge in [0.05, 0.1) is 16.0 Å². The Hall–Kier alpha value is 1.67. The van der Waals surface area contributed by atoms with Gasteiger partial charge in [0.2, 0.25) is 0 Å². The van der Waals surface area contributed by atoms with E-state index >= 15 is 0 Å². The van der Waals surface area contributed by atoms with E-state index in [0.29, 0.717) is 10.3 Å². The number of rotatable bonds is 1. The van der Waals surface area contributed by atoms with Gasteiger partial charge in [-0.2, -0.15) is 0 Å². The van der Waals surface area contributed by atoms with Crippen LogP contribution >= 0.6 is 27.0 Å². The molecule has 0 spiro atoms. The quantitative estimate of drug-likeness (QED) is 0.373. The van der Waals surface area contributed by atoms with Crippen molar-refractivity contribution in [2.24, 2.45) is 0 Å². The topological polar surface area (TPSA) is 0 Å². The summed E-state index contributed by atoms with van der Waals surface area (Å²) in [5.74, 6) is 0. The van der Waals surface area contributed by atoms with Crippen LogP contribution in [0.5, 0.6) is 0 Å². The molecule has 0 aromatic heterocycles. The molecule has 4 heteroatoms. The first-order valence-electron chi connectivity index (χ1n) is 6.34. The van der Waals surface area contributed by atoms with Crippen molar-refractivity contribution >= 4 is 27.0 Å². The third-order valence-corrected chi connectivity index (χ3v) is 8.01. The average Bonchev–Trinajstić information content (AvgIpc) is 2.52. The summed E-state index contributed by atoms with van der Waals surface area (Å²) in [6.45, 7) is 14.8. The van der Waals surface area contributed by atoms with Gasteiger partial charge in [-0.3, -0.25) is 0 Å². The fourth-order valence-electron chi connectivity index (χ4n) is 3.56. The summed E-state index contributed by atoms with van der Waals surface area (Å²) in [6.07, 6.45) is 6.02. The van der Waals surface area contributed by atoms with E-state index in [9.17, 15) is 0 Å². The molecule has 0 N–H and O–H groups in total. The van der Waals surface area contributed by atoms with Crippen LogP contribution in [0.15, 0.2) is 0 Å². The van der Waals surface area contributed by atoms with Crippen molar-refractivity contribution in [1.82, 2.24) is 0 Å². The van der Waals surface area contributed by atoms with E-state index in [0.717, 1.165) is 5.66 Å². The monoisotopic (exact) mass is 391 g/mol. The van der Waals surface area contributed by atoms with Crippen LogP contribution in [0.1, 0.15) is 67.2 Å². The van der Waals surface area contributed by atoms with Crippen LogP contribution in [-0.2, 0) is 15.9 Å². The van der Waals surface area contributed by atoms with Crippen LogP contribution in [0.25, 0.3) is 0 Å². The van der Waals surface area contributed by atoms with Gasteiger partial charge in [0, 0.05) is 7.92 Å². The second-order valence-corrected chi connectivity index (χ2v) is 13.9. The molecular weight excluding hydrogens is 364 g/mol. The normalized spacial score (nSPS) is 18.4. The van der Waals surface area contributed by atoms with Crippen LogP contribution < -0.4 is 0 Å². The van der Waals surface area contributed by atoms with Gasteiger partial charge in [-0.15, -0.1) is 0 Å². The summed E-state index contributed by atoms with van der Waals surface area (Å²) in [5.41, 5.74) is 1.08. The first kappa shape index (κ1) is 18.7. The van der Waals surface area contributed by atoms with E-state index in [4.69, 9.17) is 19.1 Å². The predicted molar refractivity (Wildman–Crippen MR) is 81.8 cm³/mol. The molecule has 0 aliphatic heterocycles. The third-order valence-electron chi connectivity index (χ3n) is 3.38. The van der Waals surface area contributed by atoms with Crippen LogP contribution in [0.3, 0.4) is 0 Å². The van der Waals surface area contributed by atoms with Crippen molar-refractivity contribution < 1.29 is 15.9 Å². The molecule has 0 bridgehead atoms. The maximum atomic E-state index is 4.81. The van der Waals surface area contributed by atoms with Crippen molar-refractivity contribution in [2.75, 3.05) is 0 Å². The molecule has 1 aliphatic rings. The van der Waals surface area contributed by atoms with E-state index in [1.165, 1.54) is 25.7 Å². The van der Waals surface area contributed by atoms with Crippen molar-refractivity contribution in [3.63, 3.8) is 0 Å². The second kappa shape index (κ2) is 8.07. The summed E-state index contributed by atoms with van der Waals surface area (Å²) < 4.78 is 0. The molecule has 0 aromatic rings. The Kier molecular flexibility index (Phi) is 8.86. The average molecular weight is 393 g/mol. The first-order chi connectivity index (χ1) is 7.64. The second-order valence-electron chi connectivity index (χ2n) is 6.94.